The van der Waals surface area contributed by atoms with Crippen molar-refractivity contribution in [2.45, 2.75) is 0 Å². The molecule has 4 nitrogen and oxygen atoms in total. The third kappa shape index (κ3) is 5.23. The Balaban J connectivity index is 2.82. The van der Waals surface area contributed by atoms with Crippen LogP contribution in [0.5, 0.6) is 0 Å². The monoisotopic (exact) mass is 103 g/mol. The number of nitrogens with two attached hydrogens (primary N) is 1. The van der Waals surface area contributed by atoms with E-state index in [-0.39, 0.29) is 13.2 Å². The van der Waals surface area contributed by atoms with E-state index in [1.807, 2.05) is 0 Å². The van der Waals surface area contributed by atoms with E-state index < -0.39 is 6.03 Å². The lowest BCUT2D eigenvalue weighted by molar-refractivity contribution is 0.192. The molecule has 0 saturated heterocycles. The van der Waals surface area contributed by atoms with Crippen LogP contribution in [0.4, 0.5) is 4.79 Å². The minimum Gasteiger partial charge on any atom is -0.352 e. The summed E-state index contributed by atoms with van der Waals surface area (Å²) in [5, 5.41) is 11.7. The van der Waals surface area contributed by atoms with Gasteiger partial charge in [0.2, 0.25) is 0 Å². The van der Waals surface area contributed by atoms with E-state index in [9.17, 15) is 9.90 Å². The summed E-state index contributed by atoms with van der Waals surface area (Å²) in [7, 11) is 0. The van der Waals surface area contributed by atoms with Crippen molar-refractivity contribution in [3.8, 4) is 0 Å². The summed E-state index contributed by atoms with van der Waals surface area (Å²) in [6, 6.07) is -0.643. The fourth-order valence-electron chi connectivity index (χ4n) is 0.174. The molecule has 0 aromatic carbocycles. The molecule has 1 radical (unpaired) electrons. The van der Waals surface area contributed by atoms with Gasteiger partial charge >= 0.3 is 6.03 Å². The highest BCUT2D eigenvalue weighted by Crippen LogP contribution is 1.53. The van der Waals surface area contributed by atoms with Crippen LogP contribution in [-0.4, -0.2) is 19.2 Å². The Morgan fingerprint density at radius 1 is 1.71 bits per heavy atom. The molecule has 0 aromatic heterocycles. The van der Waals surface area contributed by atoms with Crippen LogP contribution in [-0.2, 0) is 5.11 Å². The zero-order chi connectivity index (χ0) is 5.70. The lowest BCUT2D eigenvalue weighted by atomic mass is 10.7. The van der Waals surface area contributed by atoms with Gasteiger partial charge in [0.25, 0.3) is 0 Å². The maximum absolute atomic E-state index is 9.73. The van der Waals surface area contributed by atoms with Crippen molar-refractivity contribution in [3.63, 3.8) is 0 Å². The van der Waals surface area contributed by atoms with E-state index in [0.717, 1.165) is 0 Å². The molecule has 0 spiro atoms. The molecule has 0 bridgehead atoms. The second-order valence-electron chi connectivity index (χ2n) is 0.995. The lowest BCUT2D eigenvalue weighted by Gasteiger charge is -1.91. The van der Waals surface area contributed by atoms with Gasteiger partial charge in [0.15, 0.2) is 0 Å². The van der Waals surface area contributed by atoms with Gasteiger partial charge < -0.3 is 11.1 Å². The van der Waals surface area contributed by atoms with E-state index in [2.05, 4.69) is 11.1 Å². The standard InChI is InChI=1S/C3H7N2O2/c4-3(7)5-1-2-6/h1-2H2,(H3,4,5,7). The molecule has 2 amide bonds. The minimum absolute atomic E-state index is 0.120. The van der Waals surface area contributed by atoms with Gasteiger partial charge in [0, 0.05) is 6.54 Å². The average molecular weight is 103 g/mol. The van der Waals surface area contributed by atoms with E-state index in [1.165, 1.54) is 0 Å². The number of carbonyl (C=O) groups excluding carboxylic acids is 1. The molecule has 0 fully saturated rings. The smallest absolute Gasteiger partial charge is 0.312 e. The van der Waals surface area contributed by atoms with Crippen LogP contribution in [0.2, 0.25) is 0 Å². The first-order valence-electron chi connectivity index (χ1n) is 1.89. The minimum atomic E-state index is -0.643. The number of hydrogen-bond acceptors (Lipinski definition) is 1. The zero-order valence-electron chi connectivity index (χ0n) is 3.81. The van der Waals surface area contributed by atoms with Crippen LogP contribution >= 0.6 is 0 Å². The van der Waals surface area contributed by atoms with Crippen LogP contribution in [0.3, 0.4) is 0 Å². The molecule has 41 valence electrons. The summed E-state index contributed by atoms with van der Waals surface area (Å²) in [6.07, 6.45) is 0. The first kappa shape index (κ1) is 6.23. The van der Waals surface area contributed by atoms with Crippen molar-refractivity contribution in [2.75, 3.05) is 13.2 Å². The van der Waals surface area contributed by atoms with Crippen LogP contribution in [0.15, 0.2) is 0 Å². The van der Waals surface area contributed by atoms with Crippen LogP contribution < -0.4 is 11.1 Å². The summed E-state index contributed by atoms with van der Waals surface area (Å²) in [5.74, 6) is 0. The van der Waals surface area contributed by atoms with Gasteiger partial charge in [-0.25, -0.2) is 9.90 Å². The first-order valence-corrected chi connectivity index (χ1v) is 1.89. The number of amides is 2. The summed E-state index contributed by atoms with van der Waals surface area (Å²) in [5.41, 5.74) is 4.59. The van der Waals surface area contributed by atoms with Gasteiger partial charge in [0.05, 0.1) is 6.61 Å². The number of carbonyl (C=O) groups is 1. The molecule has 0 aliphatic rings. The van der Waals surface area contributed by atoms with Crippen molar-refractivity contribution in [3.05, 3.63) is 0 Å². The topological polar surface area (TPSA) is 75.0 Å². The molecule has 0 rings (SSSR count). The highest BCUT2D eigenvalue weighted by atomic mass is 16.3. The molecule has 0 unspecified atom stereocenters. The Kier molecular flexibility index (Phi) is 3.04. The second kappa shape index (κ2) is 3.42. The van der Waals surface area contributed by atoms with Crippen molar-refractivity contribution in [1.29, 1.82) is 0 Å². The van der Waals surface area contributed by atoms with E-state index in [1.54, 1.807) is 0 Å². The third-order valence-electron chi connectivity index (χ3n) is 0.401. The Morgan fingerprint density at radius 2 is 2.29 bits per heavy atom. The highest BCUT2D eigenvalue weighted by molar-refractivity contribution is 5.71. The summed E-state index contributed by atoms with van der Waals surface area (Å²) in [4.78, 5) is 9.73. The SMILES string of the molecule is NC(=O)NCC[O]. The number of primary amides is 1. The molecule has 0 atom stereocenters. The maximum atomic E-state index is 9.73. The Morgan fingerprint density at radius 3 is 2.43 bits per heavy atom. The quantitative estimate of drug-likeness (QED) is 0.466. The zero-order valence-corrected chi connectivity index (χ0v) is 3.81. The van der Waals surface area contributed by atoms with Crippen LogP contribution in [0.25, 0.3) is 0 Å². The van der Waals surface area contributed by atoms with Crippen molar-refractivity contribution in [2.24, 2.45) is 5.73 Å². The molecule has 0 heterocycles. The molecule has 3 N–H and O–H groups in total. The van der Waals surface area contributed by atoms with Gasteiger partial charge in [-0.05, 0) is 0 Å². The molecule has 4 heteroatoms. The Labute approximate surface area is 41.3 Å². The van der Waals surface area contributed by atoms with Gasteiger partial charge in [-0.1, -0.05) is 0 Å². The third-order valence-corrected chi connectivity index (χ3v) is 0.401. The largest absolute Gasteiger partial charge is 0.352 e. The molecule has 7 heavy (non-hydrogen) atoms. The second-order valence-corrected chi connectivity index (χ2v) is 0.995. The predicted octanol–water partition coefficient (Wildman–Crippen LogP) is -0.915. The molecular formula is C3H7N2O2. The lowest BCUT2D eigenvalue weighted by Crippen LogP contribution is -2.31. The van der Waals surface area contributed by atoms with Crippen LogP contribution in [0, 0.1) is 0 Å². The number of nitrogens with one attached hydrogen (secondary N) is 1. The van der Waals surface area contributed by atoms with Gasteiger partial charge in [-0.2, -0.15) is 0 Å². The number of urea groups is 1. The maximum Gasteiger partial charge on any atom is 0.312 e. The molecule has 0 saturated carbocycles. The van der Waals surface area contributed by atoms with Crippen molar-refractivity contribution in [1.82, 2.24) is 5.32 Å². The average Bonchev–Trinajstić information content (AvgIpc) is 1.61. The molecule has 0 aromatic rings. The first-order chi connectivity index (χ1) is 3.27. The Hall–Kier alpha value is -0.770. The van der Waals surface area contributed by atoms with Gasteiger partial charge in [0.1, 0.15) is 0 Å². The summed E-state index contributed by atoms with van der Waals surface area (Å²) < 4.78 is 0. The highest BCUT2D eigenvalue weighted by Gasteiger charge is 1.85. The van der Waals surface area contributed by atoms with Gasteiger partial charge in [-0.15, -0.1) is 0 Å². The van der Waals surface area contributed by atoms with Gasteiger partial charge in [-0.3, -0.25) is 0 Å². The number of hydrogen-bond donors (Lipinski definition) is 2. The van der Waals surface area contributed by atoms with E-state index in [4.69, 9.17) is 0 Å². The Bertz CT molecular complexity index is 64.0. The predicted molar refractivity (Wildman–Crippen MR) is 23.1 cm³/mol. The number of rotatable bonds is 2. The van der Waals surface area contributed by atoms with Crippen molar-refractivity contribution < 1.29 is 9.90 Å². The van der Waals surface area contributed by atoms with E-state index >= 15 is 0 Å². The summed E-state index contributed by atoms with van der Waals surface area (Å²) in [6.45, 7) is -0.196. The fraction of sp³-hybridized carbons (Fsp3) is 0.667. The van der Waals surface area contributed by atoms with Crippen LogP contribution in [0.1, 0.15) is 0 Å². The van der Waals surface area contributed by atoms with E-state index in [0.29, 0.717) is 0 Å². The molecule has 0 aliphatic heterocycles. The normalized spacial score (nSPS) is 8.14. The summed E-state index contributed by atoms with van der Waals surface area (Å²) >= 11 is 0. The molecule has 0 aliphatic carbocycles. The van der Waals surface area contributed by atoms with Crippen molar-refractivity contribution >= 4 is 6.03 Å². The fourth-order valence-corrected chi connectivity index (χ4v) is 0.174. The molecular weight excluding hydrogens is 96.0 g/mol.